The first kappa shape index (κ1) is 19.4. The molecule has 0 unspecified atom stereocenters. The van der Waals surface area contributed by atoms with Gasteiger partial charge in [-0.3, -0.25) is 14.2 Å². The number of benzene rings is 2. The van der Waals surface area contributed by atoms with E-state index < -0.39 is 11.2 Å². The van der Waals surface area contributed by atoms with Gasteiger partial charge in [0.2, 0.25) is 5.91 Å². The second-order valence-electron chi connectivity index (χ2n) is 7.00. The van der Waals surface area contributed by atoms with Crippen LogP contribution in [0.5, 0.6) is 0 Å². The highest BCUT2D eigenvalue weighted by molar-refractivity contribution is 6.31. The van der Waals surface area contributed by atoms with Gasteiger partial charge in [0.25, 0.3) is 5.56 Å². The van der Waals surface area contributed by atoms with Gasteiger partial charge in [0.05, 0.1) is 29.8 Å². The van der Waals surface area contributed by atoms with Crippen molar-refractivity contribution in [1.29, 1.82) is 0 Å². The lowest BCUT2D eigenvalue weighted by atomic mass is 10.2. The molecule has 4 rings (SSSR count). The van der Waals surface area contributed by atoms with Crippen LogP contribution in [0.1, 0.15) is 5.56 Å². The van der Waals surface area contributed by atoms with Gasteiger partial charge in [-0.1, -0.05) is 23.7 Å². The summed E-state index contributed by atoms with van der Waals surface area (Å²) in [6.07, 6.45) is 0. The van der Waals surface area contributed by atoms with Crippen LogP contribution in [0.15, 0.2) is 52.1 Å². The molecule has 1 aromatic heterocycles. The molecule has 150 valence electrons. The summed E-state index contributed by atoms with van der Waals surface area (Å²) in [5, 5.41) is 0.711. The number of aryl methyl sites for hydroxylation is 1. The first-order chi connectivity index (χ1) is 14.0. The number of morpholine rings is 1. The highest BCUT2D eigenvalue weighted by atomic mass is 35.5. The third-order valence-electron chi connectivity index (χ3n) is 5.02. The molecule has 7 nitrogen and oxygen atoms in total. The molecule has 0 saturated carbocycles. The summed E-state index contributed by atoms with van der Waals surface area (Å²) in [4.78, 5) is 40.9. The predicted molar refractivity (Wildman–Crippen MR) is 111 cm³/mol. The number of nitrogens with zero attached hydrogens (tertiary/aromatic N) is 3. The van der Waals surface area contributed by atoms with Crippen molar-refractivity contribution in [3.8, 4) is 5.69 Å². The first-order valence-electron chi connectivity index (χ1n) is 9.33. The number of fused-ring (bicyclic) bond motifs is 1. The zero-order valence-electron chi connectivity index (χ0n) is 15.9. The summed E-state index contributed by atoms with van der Waals surface area (Å²) >= 11 is 6.12. The van der Waals surface area contributed by atoms with E-state index in [-0.39, 0.29) is 12.5 Å². The lowest BCUT2D eigenvalue weighted by Crippen LogP contribution is -2.45. The molecule has 2 aromatic carbocycles. The van der Waals surface area contributed by atoms with E-state index in [4.69, 9.17) is 16.3 Å². The summed E-state index contributed by atoms with van der Waals surface area (Å²) in [6.45, 7) is 3.59. The number of hydrogen-bond donors (Lipinski definition) is 0. The van der Waals surface area contributed by atoms with Crippen LogP contribution in [0.4, 0.5) is 0 Å². The fourth-order valence-electron chi connectivity index (χ4n) is 3.54. The second kappa shape index (κ2) is 7.85. The van der Waals surface area contributed by atoms with Gasteiger partial charge in [-0.25, -0.2) is 9.36 Å². The maximum Gasteiger partial charge on any atom is 0.336 e. The van der Waals surface area contributed by atoms with E-state index in [0.29, 0.717) is 47.9 Å². The molecular formula is C21H20ClN3O4. The van der Waals surface area contributed by atoms with E-state index in [9.17, 15) is 14.4 Å². The van der Waals surface area contributed by atoms with Crippen molar-refractivity contribution in [1.82, 2.24) is 14.0 Å². The summed E-state index contributed by atoms with van der Waals surface area (Å²) in [7, 11) is 0. The Kier molecular flexibility index (Phi) is 5.25. The first-order valence-corrected chi connectivity index (χ1v) is 9.71. The van der Waals surface area contributed by atoms with Crippen molar-refractivity contribution < 1.29 is 9.53 Å². The minimum Gasteiger partial charge on any atom is -0.378 e. The Bertz CT molecular complexity index is 1210. The number of carbonyl (C=O) groups is 1. The number of ether oxygens (including phenoxy) is 1. The lowest BCUT2D eigenvalue weighted by molar-refractivity contribution is -0.135. The Labute approximate surface area is 171 Å². The van der Waals surface area contributed by atoms with Gasteiger partial charge >= 0.3 is 5.69 Å². The molecule has 1 saturated heterocycles. The van der Waals surface area contributed by atoms with Crippen molar-refractivity contribution in [3.63, 3.8) is 0 Å². The van der Waals surface area contributed by atoms with Crippen molar-refractivity contribution in [2.24, 2.45) is 0 Å². The van der Waals surface area contributed by atoms with E-state index in [0.717, 1.165) is 10.1 Å². The summed E-state index contributed by atoms with van der Waals surface area (Å²) in [6, 6.07) is 11.9. The average molecular weight is 414 g/mol. The third-order valence-corrected chi connectivity index (χ3v) is 5.26. The molecule has 0 spiro atoms. The van der Waals surface area contributed by atoms with E-state index in [2.05, 4.69) is 0 Å². The van der Waals surface area contributed by atoms with E-state index >= 15 is 0 Å². The number of aromatic nitrogens is 2. The van der Waals surface area contributed by atoms with Crippen molar-refractivity contribution in [2.75, 3.05) is 26.3 Å². The van der Waals surface area contributed by atoms with Crippen LogP contribution < -0.4 is 11.2 Å². The molecule has 1 aliphatic rings. The third kappa shape index (κ3) is 3.71. The standard InChI is InChI=1S/C21H20ClN3O4/c1-14-3-2-4-16(11-14)25-20(27)17-6-5-15(22)12-18(17)24(21(25)28)13-19(26)23-7-9-29-10-8-23/h2-6,11-12H,7-10,13H2,1H3. The van der Waals surface area contributed by atoms with Gasteiger partial charge < -0.3 is 9.64 Å². The maximum atomic E-state index is 13.3. The van der Waals surface area contributed by atoms with Crippen LogP contribution in [-0.2, 0) is 16.1 Å². The average Bonchev–Trinajstić information content (AvgIpc) is 2.71. The molecule has 0 aliphatic carbocycles. The summed E-state index contributed by atoms with van der Waals surface area (Å²) in [5.74, 6) is -0.203. The molecule has 2 heterocycles. The van der Waals surface area contributed by atoms with Crippen LogP contribution in [0.2, 0.25) is 5.02 Å². The number of hydrogen-bond acceptors (Lipinski definition) is 4. The highest BCUT2D eigenvalue weighted by Gasteiger charge is 2.21. The minimum atomic E-state index is -0.572. The van der Waals surface area contributed by atoms with Crippen molar-refractivity contribution in [2.45, 2.75) is 13.5 Å². The number of rotatable bonds is 3. The van der Waals surface area contributed by atoms with Gasteiger partial charge in [0.1, 0.15) is 6.54 Å². The zero-order chi connectivity index (χ0) is 20.5. The van der Waals surface area contributed by atoms with Gasteiger partial charge in [-0.15, -0.1) is 0 Å². The summed E-state index contributed by atoms with van der Waals surface area (Å²) < 4.78 is 7.72. The second-order valence-corrected chi connectivity index (χ2v) is 7.44. The fraction of sp³-hybridized carbons (Fsp3) is 0.286. The van der Waals surface area contributed by atoms with Crippen LogP contribution in [0.3, 0.4) is 0 Å². The molecule has 1 fully saturated rings. The Morgan fingerprint density at radius 1 is 1.10 bits per heavy atom. The van der Waals surface area contributed by atoms with E-state index in [1.807, 2.05) is 13.0 Å². The van der Waals surface area contributed by atoms with Gasteiger partial charge in [0.15, 0.2) is 0 Å². The van der Waals surface area contributed by atoms with Crippen LogP contribution in [-0.4, -0.2) is 46.2 Å². The number of halogens is 1. The number of carbonyl (C=O) groups excluding carboxylic acids is 1. The van der Waals surface area contributed by atoms with Gasteiger partial charge in [-0.05, 0) is 42.8 Å². The lowest BCUT2D eigenvalue weighted by Gasteiger charge is -2.27. The van der Waals surface area contributed by atoms with Crippen molar-refractivity contribution >= 4 is 28.4 Å². The molecule has 8 heteroatoms. The van der Waals surface area contributed by atoms with Crippen LogP contribution in [0, 0.1) is 6.92 Å². The Balaban J connectivity index is 1.92. The molecule has 0 N–H and O–H groups in total. The fourth-order valence-corrected chi connectivity index (χ4v) is 3.70. The molecule has 1 aliphatic heterocycles. The largest absolute Gasteiger partial charge is 0.378 e. The SMILES string of the molecule is Cc1cccc(-n2c(=O)c3ccc(Cl)cc3n(CC(=O)N3CCOCC3)c2=O)c1. The molecule has 0 atom stereocenters. The quantitative estimate of drug-likeness (QED) is 0.658. The normalized spacial score (nSPS) is 14.3. The highest BCUT2D eigenvalue weighted by Crippen LogP contribution is 2.17. The molecule has 29 heavy (non-hydrogen) atoms. The molecular weight excluding hydrogens is 394 g/mol. The van der Waals surface area contributed by atoms with Crippen molar-refractivity contribution in [3.05, 3.63) is 73.9 Å². The topological polar surface area (TPSA) is 73.5 Å². The van der Waals surface area contributed by atoms with E-state index in [1.54, 1.807) is 41.3 Å². The Morgan fingerprint density at radius 3 is 2.59 bits per heavy atom. The number of amides is 1. The summed E-state index contributed by atoms with van der Waals surface area (Å²) in [5.41, 5.74) is 0.711. The van der Waals surface area contributed by atoms with Gasteiger partial charge in [-0.2, -0.15) is 0 Å². The molecule has 1 amide bonds. The van der Waals surface area contributed by atoms with E-state index in [1.165, 1.54) is 4.57 Å². The maximum absolute atomic E-state index is 13.3. The van der Waals surface area contributed by atoms with Crippen LogP contribution >= 0.6 is 11.6 Å². The predicted octanol–water partition coefficient (Wildman–Crippen LogP) is 1.97. The smallest absolute Gasteiger partial charge is 0.336 e. The van der Waals surface area contributed by atoms with Crippen LogP contribution in [0.25, 0.3) is 16.6 Å². The monoisotopic (exact) mass is 413 g/mol. The minimum absolute atomic E-state index is 0.179. The zero-order valence-corrected chi connectivity index (χ0v) is 16.7. The molecule has 0 bridgehead atoms. The molecule has 3 aromatic rings. The van der Waals surface area contributed by atoms with Gasteiger partial charge in [0, 0.05) is 18.1 Å². The molecule has 0 radical (unpaired) electrons. The Morgan fingerprint density at radius 2 is 1.86 bits per heavy atom. The Hall–Kier alpha value is -2.90.